The van der Waals surface area contributed by atoms with Gasteiger partial charge in [0.2, 0.25) is 0 Å². The molecule has 0 spiro atoms. The van der Waals surface area contributed by atoms with Crippen molar-refractivity contribution in [3.63, 3.8) is 0 Å². The topological polar surface area (TPSA) is 122 Å². The van der Waals surface area contributed by atoms with Gasteiger partial charge in [0, 0.05) is 11.1 Å². The lowest BCUT2D eigenvalue weighted by Gasteiger charge is -2.09. The number of aromatic nitrogens is 2. The predicted molar refractivity (Wildman–Crippen MR) is 66.4 cm³/mol. The summed E-state index contributed by atoms with van der Waals surface area (Å²) in [5.74, 6) is 0.353. The Bertz CT molecular complexity index is 556. The van der Waals surface area contributed by atoms with Gasteiger partial charge in [-0.05, 0) is 12.1 Å². The van der Waals surface area contributed by atoms with Crippen molar-refractivity contribution in [2.24, 2.45) is 5.73 Å². The quantitative estimate of drug-likeness (QED) is 0.430. The van der Waals surface area contributed by atoms with Crippen LogP contribution in [0, 0.1) is 0 Å². The van der Waals surface area contributed by atoms with Crippen molar-refractivity contribution >= 4 is 28.1 Å². The van der Waals surface area contributed by atoms with Crippen molar-refractivity contribution < 1.29 is 0 Å². The molecule has 1 heterocycles. The second-order valence-corrected chi connectivity index (χ2v) is 3.56. The summed E-state index contributed by atoms with van der Waals surface area (Å²) in [7, 11) is 0. The summed E-state index contributed by atoms with van der Waals surface area (Å²) < 4.78 is 1.53. The molecule has 0 aliphatic rings. The van der Waals surface area contributed by atoms with Crippen LogP contribution in [0.3, 0.4) is 0 Å². The van der Waals surface area contributed by atoms with Gasteiger partial charge < -0.3 is 22.9 Å². The molecule has 8 N–H and O–H groups in total. The number of nitrogens with two attached hydrogens (primary N) is 4. The minimum Gasteiger partial charge on any atom is -0.399 e. The molecule has 0 bridgehead atoms. The van der Waals surface area contributed by atoms with Crippen molar-refractivity contribution in [1.29, 1.82) is 0 Å². The number of hydrogen-bond donors (Lipinski definition) is 4. The van der Waals surface area contributed by atoms with Crippen LogP contribution >= 0.6 is 0 Å². The van der Waals surface area contributed by atoms with Crippen LogP contribution < -0.4 is 22.9 Å². The number of hydrogen-bond acceptors (Lipinski definition) is 5. The van der Waals surface area contributed by atoms with Crippen molar-refractivity contribution in [1.82, 2.24) is 9.78 Å². The summed E-state index contributed by atoms with van der Waals surface area (Å²) >= 11 is 0. The molecule has 1 aromatic heterocycles. The normalized spacial score (nSPS) is 12.8. The maximum atomic E-state index is 5.88. The Labute approximate surface area is 92.5 Å². The van der Waals surface area contributed by atoms with E-state index in [1.165, 1.54) is 4.68 Å². The van der Waals surface area contributed by atoms with Gasteiger partial charge in [0.15, 0.2) is 5.82 Å². The molecular weight excluding hydrogens is 204 g/mol. The van der Waals surface area contributed by atoms with E-state index in [1.807, 2.05) is 0 Å². The van der Waals surface area contributed by atoms with Crippen LogP contribution in [0.15, 0.2) is 24.8 Å². The zero-order chi connectivity index (χ0) is 11.9. The highest BCUT2D eigenvalue weighted by Crippen LogP contribution is 2.29. The van der Waals surface area contributed by atoms with Gasteiger partial charge in [-0.1, -0.05) is 12.7 Å². The zero-order valence-corrected chi connectivity index (χ0v) is 8.72. The van der Waals surface area contributed by atoms with E-state index < -0.39 is 6.17 Å². The van der Waals surface area contributed by atoms with Gasteiger partial charge in [0.05, 0.1) is 11.2 Å². The van der Waals surface area contributed by atoms with Crippen LogP contribution in [0.2, 0.25) is 0 Å². The van der Waals surface area contributed by atoms with Crippen LogP contribution in [0.1, 0.15) is 6.17 Å². The van der Waals surface area contributed by atoms with E-state index in [4.69, 9.17) is 22.9 Å². The van der Waals surface area contributed by atoms with Gasteiger partial charge in [-0.3, -0.25) is 0 Å². The highest BCUT2D eigenvalue weighted by molar-refractivity contribution is 5.99. The molecule has 1 atom stereocenters. The molecular formula is C10H14N6. The molecule has 0 saturated heterocycles. The van der Waals surface area contributed by atoms with Crippen LogP contribution in [-0.2, 0) is 0 Å². The molecule has 2 aromatic rings. The summed E-state index contributed by atoms with van der Waals surface area (Å²) in [5, 5.41) is 4.83. The number of benzene rings is 1. The number of nitrogen functional groups attached to an aromatic ring is 3. The van der Waals surface area contributed by atoms with E-state index in [2.05, 4.69) is 11.7 Å². The summed E-state index contributed by atoms with van der Waals surface area (Å²) in [6.45, 7) is 3.61. The minimum absolute atomic E-state index is 0.353. The van der Waals surface area contributed by atoms with Crippen LogP contribution in [0.25, 0.3) is 10.9 Å². The van der Waals surface area contributed by atoms with Crippen molar-refractivity contribution in [2.75, 3.05) is 17.2 Å². The van der Waals surface area contributed by atoms with E-state index in [0.29, 0.717) is 28.1 Å². The molecule has 0 amide bonds. The third-order valence-electron chi connectivity index (χ3n) is 2.41. The van der Waals surface area contributed by atoms with Gasteiger partial charge >= 0.3 is 0 Å². The Morgan fingerprint density at radius 3 is 2.62 bits per heavy atom. The first-order valence-corrected chi connectivity index (χ1v) is 4.75. The molecule has 2 rings (SSSR count). The SMILES string of the molecule is C=CC(N)n1nc(N)c2cc(N)cc(N)c21. The highest BCUT2D eigenvalue weighted by atomic mass is 15.4. The average Bonchev–Trinajstić information content (AvgIpc) is 2.55. The van der Waals surface area contributed by atoms with E-state index in [1.54, 1.807) is 18.2 Å². The molecule has 0 fully saturated rings. The molecule has 0 saturated carbocycles. The Morgan fingerprint density at radius 1 is 1.31 bits per heavy atom. The minimum atomic E-state index is -0.467. The molecule has 0 aliphatic carbocycles. The lowest BCUT2D eigenvalue weighted by Crippen LogP contribution is -2.17. The number of rotatable bonds is 2. The molecule has 0 radical (unpaired) electrons. The first-order valence-electron chi connectivity index (χ1n) is 4.75. The molecule has 6 heteroatoms. The number of fused-ring (bicyclic) bond motifs is 1. The Hall–Kier alpha value is -2.21. The Balaban J connectivity index is 2.83. The van der Waals surface area contributed by atoms with Gasteiger partial charge in [-0.15, -0.1) is 0 Å². The maximum Gasteiger partial charge on any atom is 0.153 e. The lowest BCUT2D eigenvalue weighted by atomic mass is 10.2. The summed E-state index contributed by atoms with van der Waals surface area (Å²) in [6.07, 6.45) is 1.09. The fraction of sp³-hybridized carbons (Fsp3) is 0.100. The van der Waals surface area contributed by atoms with Gasteiger partial charge in [0.25, 0.3) is 0 Å². The van der Waals surface area contributed by atoms with E-state index in [9.17, 15) is 0 Å². The van der Waals surface area contributed by atoms with Gasteiger partial charge in [-0.25, -0.2) is 4.68 Å². The van der Waals surface area contributed by atoms with Crippen LogP contribution in [0.5, 0.6) is 0 Å². The van der Waals surface area contributed by atoms with E-state index in [-0.39, 0.29) is 0 Å². The smallest absolute Gasteiger partial charge is 0.153 e. The second kappa shape index (κ2) is 3.42. The third-order valence-corrected chi connectivity index (χ3v) is 2.41. The first kappa shape index (κ1) is 10.3. The fourth-order valence-electron chi connectivity index (χ4n) is 1.67. The van der Waals surface area contributed by atoms with Crippen LogP contribution in [-0.4, -0.2) is 9.78 Å². The standard InChI is InChI=1S/C10H14N6/c1-2-8(13)16-9-6(10(14)15-16)3-5(11)4-7(9)12/h2-4,8H,1,11-13H2,(H2,14,15). The second-order valence-electron chi connectivity index (χ2n) is 3.56. The average molecular weight is 218 g/mol. The van der Waals surface area contributed by atoms with E-state index >= 15 is 0 Å². The van der Waals surface area contributed by atoms with Gasteiger partial charge in [-0.2, -0.15) is 5.10 Å². The fourth-order valence-corrected chi connectivity index (χ4v) is 1.67. The predicted octanol–water partition coefficient (Wildman–Crippen LogP) is 0.426. The lowest BCUT2D eigenvalue weighted by molar-refractivity contribution is 0.581. The molecule has 1 unspecified atom stereocenters. The van der Waals surface area contributed by atoms with Gasteiger partial charge in [0.1, 0.15) is 6.17 Å². The van der Waals surface area contributed by atoms with Crippen molar-refractivity contribution in [2.45, 2.75) is 6.17 Å². The largest absolute Gasteiger partial charge is 0.399 e. The molecule has 6 nitrogen and oxygen atoms in total. The number of anilines is 3. The molecule has 84 valence electrons. The molecule has 1 aromatic carbocycles. The van der Waals surface area contributed by atoms with Crippen LogP contribution in [0.4, 0.5) is 17.2 Å². The highest BCUT2D eigenvalue weighted by Gasteiger charge is 2.14. The Kier molecular flexibility index (Phi) is 2.21. The first-order chi connectivity index (χ1) is 7.54. The van der Waals surface area contributed by atoms with E-state index in [0.717, 1.165) is 0 Å². The van der Waals surface area contributed by atoms with Crippen molar-refractivity contribution in [3.8, 4) is 0 Å². The molecule has 0 aliphatic heterocycles. The Morgan fingerprint density at radius 2 is 2.00 bits per heavy atom. The zero-order valence-electron chi connectivity index (χ0n) is 8.72. The monoisotopic (exact) mass is 218 g/mol. The maximum absolute atomic E-state index is 5.88. The summed E-state index contributed by atoms with van der Waals surface area (Å²) in [4.78, 5) is 0. The third kappa shape index (κ3) is 1.36. The number of nitrogens with zero attached hydrogens (tertiary/aromatic N) is 2. The molecule has 16 heavy (non-hydrogen) atoms. The van der Waals surface area contributed by atoms with Crippen molar-refractivity contribution in [3.05, 3.63) is 24.8 Å². The summed E-state index contributed by atoms with van der Waals surface area (Å²) in [5.41, 5.74) is 24.9. The summed E-state index contributed by atoms with van der Waals surface area (Å²) in [6, 6.07) is 3.37.